The van der Waals surface area contributed by atoms with E-state index in [4.69, 9.17) is 0 Å². The summed E-state index contributed by atoms with van der Waals surface area (Å²) in [6, 6.07) is 0. The van der Waals surface area contributed by atoms with Gasteiger partial charge in [-0.3, -0.25) is 0 Å². The zero-order valence-corrected chi connectivity index (χ0v) is 48.8. The van der Waals surface area contributed by atoms with Crippen LogP contribution in [0.15, 0.2) is 0 Å². The molecule has 65 heavy (non-hydrogen) atoms. The summed E-state index contributed by atoms with van der Waals surface area (Å²) < 4.78 is 63.1. The predicted octanol–water partition coefficient (Wildman–Crippen LogP) is 19.4. The molecule has 0 aliphatic rings. The van der Waals surface area contributed by atoms with Crippen LogP contribution in [0.25, 0.3) is 0 Å². The van der Waals surface area contributed by atoms with E-state index in [1.165, 1.54) is 295 Å². The molecule has 0 amide bonds. The average molecular weight is 1010 g/mol. The Hall–Kier alpha value is 0.443. The fourth-order valence-electron chi connectivity index (χ4n) is 9.19. The summed E-state index contributed by atoms with van der Waals surface area (Å²) in [5, 5.41) is 0. The van der Waals surface area contributed by atoms with Crippen molar-refractivity contribution in [2.45, 2.75) is 348 Å². The number of hydrogen-bond donors (Lipinski definition) is 0. The van der Waals surface area contributed by atoms with Crippen molar-refractivity contribution >= 4 is 20.2 Å². The molecule has 0 fully saturated rings. The van der Waals surface area contributed by atoms with Gasteiger partial charge >= 0.3 is 19.5 Å². The van der Waals surface area contributed by atoms with Crippen LogP contribution < -0.4 is 0 Å². The van der Waals surface area contributed by atoms with Gasteiger partial charge in [0.05, 0.1) is 20.2 Å². The van der Waals surface area contributed by atoms with Crippen LogP contribution in [0.2, 0.25) is 0 Å². The largest absolute Gasteiger partial charge is 2.00 e. The average Bonchev–Trinajstić information content (AvgIpc) is 3.25. The van der Waals surface area contributed by atoms with Crippen molar-refractivity contribution in [1.29, 1.82) is 0 Å². The van der Waals surface area contributed by atoms with Crippen molar-refractivity contribution < 1.29 is 45.4 Å². The minimum atomic E-state index is -4.00. The molecule has 388 valence electrons. The van der Waals surface area contributed by atoms with Crippen LogP contribution in [0.3, 0.4) is 0 Å². The Morgan fingerprint density at radius 2 is 0.292 bits per heavy atom. The number of hydrogen-bond acceptors (Lipinski definition) is 6. The molecule has 0 saturated carbocycles. The monoisotopic (exact) mass is 1010 g/mol. The van der Waals surface area contributed by atoms with Crippen LogP contribution in [-0.4, -0.2) is 37.4 Å². The molecule has 0 bridgehead atoms. The van der Waals surface area contributed by atoms with E-state index in [0.717, 1.165) is 25.7 Å². The third kappa shape index (κ3) is 73.6. The Balaban J connectivity index is -0.00000116. The quantitative estimate of drug-likeness (QED) is 0.0341. The summed E-state index contributed by atoms with van der Waals surface area (Å²) in [4.78, 5) is 0. The molecule has 9 heteroatoms. The first-order valence-electron chi connectivity index (χ1n) is 29.0. The maximum Gasteiger partial charge on any atom is 2.00 e. The molecule has 0 aromatic heterocycles. The molecule has 0 N–H and O–H groups in total. The minimum Gasteiger partial charge on any atom is -0.748 e. The second-order valence-corrected chi connectivity index (χ2v) is 23.2. The zero-order valence-electron chi connectivity index (χ0n) is 44.2. The van der Waals surface area contributed by atoms with Crippen LogP contribution in [0, 0.1) is 0 Å². The molecule has 0 unspecified atom stereocenters. The molecular weight excluding hydrogens is 898 g/mol. The first kappa shape index (κ1) is 69.7. The van der Waals surface area contributed by atoms with Crippen LogP contribution in [0.1, 0.15) is 348 Å². The normalized spacial score (nSPS) is 11.8. The molecule has 0 saturated heterocycles. The molecule has 0 radical (unpaired) electrons. The predicted molar refractivity (Wildman–Crippen MR) is 281 cm³/mol. The molecule has 0 rings (SSSR count). The third-order valence-corrected chi connectivity index (χ3v) is 15.1. The van der Waals surface area contributed by atoms with Gasteiger partial charge in [-0.2, -0.15) is 0 Å². The van der Waals surface area contributed by atoms with Gasteiger partial charge in [-0.05, 0) is 12.8 Å². The summed E-state index contributed by atoms with van der Waals surface area (Å²) in [6.45, 7) is 4.58. The van der Waals surface area contributed by atoms with Crippen LogP contribution >= 0.6 is 0 Å². The number of rotatable bonds is 54. The summed E-state index contributed by atoms with van der Waals surface area (Å²) >= 11 is 0. The van der Waals surface area contributed by atoms with Gasteiger partial charge in [-0.15, -0.1) is 0 Å². The first-order chi connectivity index (χ1) is 31.1. The fourth-order valence-corrected chi connectivity index (χ4v) is 10.3. The van der Waals surface area contributed by atoms with Gasteiger partial charge in [0.1, 0.15) is 0 Å². The number of unbranched alkanes of at least 4 members (excludes halogenated alkanes) is 50. The smallest absolute Gasteiger partial charge is 0.748 e. The van der Waals surface area contributed by atoms with Crippen molar-refractivity contribution in [3.05, 3.63) is 0 Å². The van der Waals surface area contributed by atoms with E-state index in [1.54, 1.807) is 0 Å². The Kier molecular flexibility index (Phi) is 63.0. The van der Waals surface area contributed by atoms with Gasteiger partial charge in [0.15, 0.2) is 0 Å². The van der Waals surface area contributed by atoms with Crippen molar-refractivity contribution in [3.63, 3.8) is 0 Å². The summed E-state index contributed by atoms with van der Waals surface area (Å²) in [7, 11) is -8.01. The maximum absolute atomic E-state index is 10.5. The first-order valence-corrected chi connectivity index (χ1v) is 32.1. The van der Waals surface area contributed by atoms with Gasteiger partial charge in [0.25, 0.3) is 0 Å². The van der Waals surface area contributed by atoms with Crippen molar-refractivity contribution in [2.75, 3.05) is 11.5 Å². The van der Waals surface area contributed by atoms with Gasteiger partial charge in [0, 0.05) is 11.5 Å². The standard InChI is InChI=1S/2C28H58O3S.Zn/c2*1-2-3-4-5-6-7-8-9-10-11-12-13-14-15-16-17-18-19-20-21-22-23-24-25-26-27-28-32(29,30)31;/h2*2-28H2,1H3,(H,29,30,31);/q;;+2/p-2. The van der Waals surface area contributed by atoms with Crippen molar-refractivity contribution in [3.8, 4) is 0 Å². The molecular formula is C56H114O6S2Zn. The summed E-state index contributed by atoms with van der Waals surface area (Å²) in [5.41, 5.74) is 0. The van der Waals surface area contributed by atoms with E-state index in [9.17, 15) is 25.9 Å². The molecule has 0 aromatic carbocycles. The Morgan fingerprint density at radius 3 is 0.385 bits per heavy atom. The molecule has 0 aromatic rings. The summed E-state index contributed by atoms with van der Waals surface area (Å²) in [5.74, 6) is -0.376. The van der Waals surface area contributed by atoms with E-state index in [0.29, 0.717) is 12.8 Å². The third-order valence-electron chi connectivity index (χ3n) is 13.5. The van der Waals surface area contributed by atoms with E-state index in [-0.39, 0.29) is 31.0 Å². The Morgan fingerprint density at radius 1 is 0.200 bits per heavy atom. The second-order valence-electron chi connectivity index (χ2n) is 20.2. The van der Waals surface area contributed by atoms with Gasteiger partial charge in [-0.25, -0.2) is 16.8 Å². The van der Waals surface area contributed by atoms with E-state index in [1.807, 2.05) is 0 Å². The van der Waals surface area contributed by atoms with Crippen LogP contribution in [-0.2, 0) is 39.7 Å². The molecule has 0 atom stereocenters. The van der Waals surface area contributed by atoms with E-state index < -0.39 is 20.2 Å². The SMILES string of the molecule is CCCCCCCCCCCCCCCCCCCCCCCCCCCCS(=O)(=O)[O-].CCCCCCCCCCCCCCCCCCCCCCCCCCCCS(=O)(=O)[O-].[Zn+2]. The van der Waals surface area contributed by atoms with Gasteiger partial charge < -0.3 is 9.11 Å². The van der Waals surface area contributed by atoms with Crippen LogP contribution in [0.5, 0.6) is 0 Å². The van der Waals surface area contributed by atoms with Crippen LogP contribution in [0.4, 0.5) is 0 Å². The molecule has 0 aliphatic carbocycles. The van der Waals surface area contributed by atoms with Crippen molar-refractivity contribution in [1.82, 2.24) is 0 Å². The second kappa shape index (κ2) is 58.8. The van der Waals surface area contributed by atoms with Gasteiger partial charge in [0.2, 0.25) is 0 Å². The van der Waals surface area contributed by atoms with Crippen molar-refractivity contribution in [2.24, 2.45) is 0 Å². The molecule has 0 aliphatic heterocycles. The summed E-state index contributed by atoms with van der Waals surface area (Å²) in [6.07, 6.45) is 69.6. The molecule has 0 heterocycles. The zero-order chi connectivity index (χ0) is 47.2. The Labute approximate surface area is 422 Å². The molecule has 6 nitrogen and oxygen atoms in total. The minimum absolute atomic E-state index is 0. The fraction of sp³-hybridized carbons (Fsp3) is 1.00. The maximum atomic E-state index is 10.5. The van der Waals surface area contributed by atoms with Gasteiger partial charge in [-0.1, -0.05) is 335 Å². The molecule has 0 spiro atoms. The Bertz CT molecular complexity index is 987. The van der Waals surface area contributed by atoms with E-state index >= 15 is 0 Å². The topological polar surface area (TPSA) is 114 Å². The van der Waals surface area contributed by atoms with E-state index in [2.05, 4.69) is 13.8 Å².